The largest absolute Gasteiger partial charge is 0.422 e. The fraction of sp³-hybridized carbons (Fsp3) is 0.571. The highest BCUT2D eigenvalue weighted by Crippen LogP contribution is 2.31. The van der Waals surface area contributed by atoms with E-state index in [0.29, 0.717) is 12.0 Å². The lowest BCUT2D eigenvalue weighted by Gasteiger charge is -2.28. The molecule has 5 nitrogen and oxygen atoms in total. The van der Waals surface area contributed by atoms with Crippen LogP contribution in [0.4, 0.5) is 0 Å². The highest BCUT2D eigenvalue weighted by molar-refractivity contribution is 5.86. The van der Waals surface area contributed by atoms with Crippen LogP contribution in [0, 0.1) is 6.92 Å². The van der Waals surface area contributed by atoms with Gasteiger partial charge in [-0.05, 0) is 76.1 Å². The SMILES string of the molecule is Cc1cc(CC(O)C(O)NC(C)(C)C)c2c3c(c(=O)oc2c1)CCCC3.Cl. The van der Waals surface area contributed by atoms with Crippen LogP contribution in [0.5, 0.6) is 0 Å². The lowest BCUT2D eigenvalue weighted by atomic mass is 9.87. The molecule has 0 amide bonds. The van der Waals surface area contributed by atoms with Gasteiger partial charge in [-0.25, -0.2) is 4.79 Å². The first-order valence-electron chi connectivity index (χ1n) is 9.37. The molecule has 1 heterocycles. The van der Waals surface area contributed by atoms with Crippen molar-refractivity contribution >= 4 is 23.4 Å². The minimum Gasteiger partial charge on any atom is -0.422 e. The van der Waals surface area contributed by atoms with Gasteiger partial charge in [0, 0.05) is 22.9 Å². The second kappa shape index (κ2) is 8.31. The number of rotatable bonds is 4. The van der Waals surface area contributed by atoms with E-state index >= 15 is 0 Å². The maximum atomic E-state index is 12.3. The van der Waals surface area contributed by atoms with Crippen LogP contribution in [0.15, 0.2) is 21.3 Å². The van der Waals surface area contributed by atoms with E-state index in [9.17, 15) is 15.0 Å². The number of benzene rings is 1. The fourth-order valence-electron chi connectivity index (χ4n) is 3.85. The molecule has 2 atom stereocenters. The Hall–Kier alpha value is -1.40. The van der Waals surface area contributed by atoms with Crippen LogP contribution in [-0.2, 0) is 19.3 Å². The summed E-state index contributed by atoms with van der Waals surface area (Å²) in [5.41, 5.74) is 3.76. The maximum absolute atomic E-state index is 12.3. The molecule has 1 aliphatic rings. The summed E-state index contributed by atoms with van der Waals surface area (Å²) in [6.07, 6.45) is 1.96. The monoisotopic (exact) mass is 395 g/mol. The predicted molar refractivity (Wildman–Crippen MR) is 110 cm³/mol. The highest BCUT2D eigenvalue weighted by Gasteiger charge is 2.25. The molecule has 2 unspecified atom stereocenters. The summed E-state index contributed by atoms with van der Waals surface area (Å²) in [7, 11) is 0. The normalized spacial score (nSPS) is 16.5. The summed E-state index contributed by atoms with van der Waals surface area (Å²) in [4.78, 5) is 12.3. The zero-order chi connectivity index (χ0) is 19.1. The van der Waals surface area contributed by atoms with E-state index in [1.807, 2.05) is 39.8 Å². The zero-order valence-electron chi connectivity index (χ0n) is 16.5. The van der Waals surface area contributed by atoms with Crippen molar-refractivity contribution in [2.75, 3.05) is 0 Å². The summed E-state index contributed by atoms with van der Waals surface area (Å²) in [5, 5.41) is 24.8. The van der Waals surface area contributed by atoms with Gasteiger partial charge in [-0.1, -0.05) is 6.07 Å². The first kappa shape index (κ1) is 21.9. The van der Waals surface area contributed by atoms with Gasteiger partial charge in [-0.3, -0.25) is 5.32 Å². The summed E-state index contributed by atoms with van der Waals surface area (Å²) >= 11 is 0. The van der Waals surface area contributed by atoms with Crippen LogP contribution >= 0.6 is 12.4 Å². The number of hydrogen-bond donors (Lipinski definition) is 3. The third kappa shape index (κ3) is 4.91. The zero-order valence-corrected chi connectivity index (χ0v) is 17.3. The Morgan fingerprint density at radius 1 is 1.15 bits per heavy atom. The molecule has 1 aliphatic carbocycles. The molecule has 3 rings (SSSR count). The van der Waals surface area contributed by atoms with Crippen LogP contribution in [-0.4, -0.2) is 28.1 Å². The van der Waals surface area contributed by atoms with Crippen LogP contribution < -0.4 is 10.9 Å². The van der Waals surface area contributed by atoms with Gasteiger partial charge in [0.05, 0.1) is 6.10 Å². The molecule has 0 radical (unpaired) electrons. The molecule has 0 saturated heterocycles. The van der Waals surface area contributed by atoms with Gasteiger partial charge in [0.2, 0.25) is 0 Å². The topological polar surface area (TPSA) is 82.7 Å². The maximum Gasteiger partial charge on any atom is 0.339 e. The Balaban J connectivity index is 0.00000261. The molecule has 3 N–H and O–H groups in total. The smallest absolute Gasteiger partial charge is 0.339 e. The first-order valence-corrected chi connectivity index (χ1v) is 9.37. The number of halogens is 1. The Morgan fingerprint density at radius 2 is 1.78 bits per heavy atom. The third-order valence-electron chi connectivity index (χ3n) is 4.92. The molecule has 6 heteroatoms. The van der Waals surface area contributed by atoms with Crippen LogP contribution in [0.25, 0.3) is 11.0 Å². The highest BCUT2D eigenvalue weighted by atomic mass is 35.5. The second-order valence-electron chi connectivity index (χ2n) is 8.46. The number of fused-ring (bicyclic) bond motifs is 3. The summed E-state index contributed by atoms with van der Waals surface area (Å²) in [6, 6.07) is 3.90. The lowest BCUT2D eigenvalue weighted by Crippen LogP contribution is -2.50. The number of aliphatic hydroxyl groups excluding tert-OH is 2. The van der Waals surface area contributed by atoms with Crippen molar-refractivity contribution in [2.24, 2.45) is 0 Å². The predicted octanol–water partition coefficient (Wildman–Crippen LogP) is 3.01. The van der Waals surface area contributed by atoms with Gasteiger partial charge in [-0.2, -0.15) is 0 Å². The van der Waals surface area contributed by atoms with E-state index in [-0.39, 0.29) is 23.6 Å². The van der Waals surface area contributed by atoms with E-state index in [0.717, 1.165) is 53.3 Å². The van der Waals surface area contributed by atoms with E-state index in [1.54, 1.807) is 0 Å². The van der Waals surface area contributed by atoms with Gasteiger partial charge in [0.1, 0.15) is 11.8 Å². The van der Waals surface area contributed by atoms with Crippen molar-refractivity contribution in [3.63, 3.8) is 0 Å². The molecule has 150 valence electrons. The van der Waals surface area contributed by atoms with Crippen molar-refractivity contribution in [2.45, 2.75) is 77.7 Å². The quantitative estimate of drug-likeness (QED) is 0.547. The van der Waals surface area contributed by atoms with E-state index in [1.165, 1.54) is 0 Å². The van der Waals surface area contributed by atoms with E-state index in [4.69, 9.17) is 4.42 Å². The van der Waals surface area contributed by atoms with Crippen molar-refractivity contribution in [3.8, 4) is 0 Å². The molecular formula is C21H30ClNO4. The van der Waals surface area contributed by atoms with Gasteiger partial charge in [-0.15, -0.1) is 12.4 Å². The number of hydrogen-bond acceptors (Lipinski definition) is 5. The standard InChI is InChI=1S/C21H29NO4.ClH/c1-12-9-13(11-16(23)19(24)22-21(2,3)4)18-14-7-5-6-8-15(14)20(25)26-17(18)10-12;/h9-10,16,19,22-24H,5-8,11H2,1-4H3;1H. The van der Waals surface area contributed by atoms with Gasteiger partial charge in [0.15, 0.2) is 0 Å². The first-order chi connectivity index (χ1) is 12.2. The molecular weight excluding hydrogens is 366 g/mol. The number of nitrogens with one attached hydrogen (secondary N) is 1. The van der Waals surface area contributed by atoms with E-state index < -0.39 is 12.3 Å². The summed E-state index contributed by atoms with van der Waals surface area (Å²) in [5.74, 6) is 0. The van der Waals surface area contributed by atoms with Gasteiger partial charge < -0.3 is 14.6 Å². The average molecular weight is 396 g/mol. The van der Waals surface area contributed by atoms with E-state index in [2.05, 4.69) is 5.32 Å². The average Bonchev–Trinajstić information content (AvgIpc) is 2.52. The summed E-state index contributed by atoms with van der Waals surface area (Å²) < 4.78 is 5.59. The molecule has 0 spiro atoms. The van der Waals surface area contributed by atoms with Crippen molar-refractivity contribution in [1.82, 2.24) is 5.32 Å². The number of aliphatic hydroxyl groups is 2. The third-order valence-corrected chi connectivity index (χ3v) is 4.92. The van der Waals surface area contributed by atoms with Crippen molar-refractivity contribution < 1.29 is 14.6 Å². The minimum absolute atomic E-state index is 0. The molecule has 1 aromatic heterocycles. The Kier molecular flexibility index (Phi) is 6.74. The number of aryl methyl sites for hydroxylation is 2. The molecule has 0 bridgehead atoms. The Morgan fingerprint density at radius 3 is 2.41 bits per heavy atom. The van der Waals surface area contributed by atoms with Crippen molar-refractivity contribution in [3.05, 3.63) is 44.8 Å². The molecule has 0 saturated carbocycles. The lowest BCUT2D eigenvalue weighted by molar-refractivity contribution is -0.0153. The van der Waals surface area contributed by atoms with Crippen LogP contribution in [0.2, 0.25) is 0 Å². The van der Waals surface area contributed by atoms with Gasteiger partial charge in [0.25, 0.3) is 0 Å². The molecule has 27 heavy (non-hydrogen) atoms. The Bertz CT molecular complexity index is 869. The molecule has 0 fully saturated rings. The molecule has 1 aromatic carbocycles. The fourth-order valence-corrected chi connectivity index (χ4v) is 3.85. The minimum atomic E-state index is -1.03. The van der Waals surface area contributed by atoms with Crippen LogP contribution in [0.3, 0.4) is 0 Å². The Labute approximate surface area is 166 Å². The molecule has 2 aromatic rings. The second-order valence-corrected chi connectivity index (χ2v) is 8.46. The summed E-state index contributed by atoms with van der Waals surface area (Å²) in [6.45, 7) is 7.76. The van der Waals surface area contributed by atoms with Crippen molar-refractivity contribution in [1.29, 1.82) is 0 Å². The molecule has 0 aliphatic heterocycles. The van der Waals surface area contributed by atoms with Gasteiger partial charge >= 0.3 is 5.63 Å². The van der Waals surface area contributed by atoms with Crippen LogP contribution in [0.1, 0.15) is 55.9 Å².